The first-order valence-electron chi connectivity index (χ1n) is 6.13. The predicted octanol–water partition coefficient (Wildman–Crippen LogP) is 1.78. The van der Waals surface area contributed by atoms with E-state index in [4.69, 9.17) is 4.74 Å². The van der Waals surface area contributed by atoms with Crippen LogP contribution >= 0.6 is 0 Å². The SMILES string of the molecule is COc1ccc(CC(=O)N/N=C\c2cccnc2)cc1. The second-order valence-corrected chi connectivity index (χ2v) is 4.10. The molecule has 20 heavy (non-hydrogen) atoms. The quantitative estimate of drug-likeness (QED) is 0.664. The van der Waals surface area contributed by atoms with Crippen molar-refractivity contribution in [2.24, 2.45) is 5.10 Å². The number of amides is 1. The third-order valence-electron chi connectivity index (χ3n) is 2.61. The Labute approximate surface area is 117 Å². The van der Waals surface area contributed by atoms with E-state index in [1.54, 1.807) is 31.8 Å². The van der Waals surface area contributed by atoms with Crippen LogP contribution in [0.15, 0.2) is 53.9 Å². The molecule has 0 bridgehead atoms. The van der Waals surface area contributed by atoms with Crippen LogP contribution in [-0.4, -0.2) is 24.2 Å². The Morgan fingerprint density at radius 3 is 2.80 bits per heavy atom. The van der Waals surface area contributed by atoms with Gasteiger partial charge in [0.05, 0.1) is 19.7 Å². The van der Waals surface area contributed by atoms with Gasteiger partial charge in [0.25, 0.3) is 0 Å². The molecule has 0 aliphatic heterocycles. The fourth-order valence-electron chi connectivity index (χ4n) is 1.60. The van der Waals surface area contributed by atoms with E-state index in [2.05, 4.69) is 15.5 Å². The average molecular weight is 269 g/mol. The van der Waals surface area contributed by atoms with Crippen molar-refractivity contribution in [3.05, 3.63) is 59.9 Å². The average Bonchev–Trinajstić information content (AvgIpc) is 2.49. The van der Waals surface area contributed by atoms with Crippen LogP contribution in [0.25, 0.3) is 0 Å². The van der Waals surface area contributed by atoms with Gasteiger partial charge >= 0.3 is 0 Å². The highest BCUT2D eigenvalue weighted by Gasteiger charge is 2.02. The molecule has 0 atom stereocenters. The number of ether oxygens (including phenoxy) is 1. The first-order chi connectivity index (χ1) is 9.78. The Balaban J connectivity index is 1.84. The van der Waals surface area contributed by atoms with Gasteiger partial charge in [-0.2, -0.15) is 5.10 Å². The van der Waals surface area contributed by atoms with E-state index < -0.39 is 0 Å². The summed E-state index contributed by atoms with van der Waals surface area (Å²) in [6, 6.07) is 11.0. The number of hydrazone groups is 1. The molecular formula is C15H15N3O2. The molecule has 0 aliphatic carbocycles. The third kappa shape index (κ3) is 4.20. The molecule has 1 heterocycles. The Morgan fingerprint density at radius 1 is 1.35 bits per heavy atom. The molecule has 0 saturated carbocycles. The number of carbonyl (C=O) groups is 1. The summed E-state index contributed by atoms with van der Waals surface area (Å²) in [5, 5.41) is 3.88. The van der Waals surface area contributed by atoms with Crippen LogP contribution in [0.3, 0.4) is 0 Å². The van der Waals surface area contributed by atoms with E-state index >= 15 is 0 Å². The predicted molar refractivity (Wildman–Crippen MR) is 76.7 cm³/mol. The summed E-state index contributed by atoms with van der Waals surface area (Å²) in [6.45, 7) is 0. The van der Waals surface area contributed by atoms with Gasteiger partial charge in [-0.3, -0.25) is 9.78 Å². The molecule has 1 aromatic carbocycles. The normalized spacial score (nSPS) is 10.4. The van der Waals surface area contributed by atoms with Gasteiger partial charge in [-0.25, -0.2) is 5.43 Å². The molecule has 2 rings (SSSR count). The van der Waals surface area contributed by atoms with Crippen molar-refractivity contribution in [1.82, 2.24) is 10.4 Å². The lowest BCUT2D eigenvalue weighted by atomic mass is 10.1. The van der Waals surface area contributed by atoms with E-state index in [1.165, 1.54) is 0 Å². The zero-order valence-corrected chi connectivity index (χ0v) is 11.1. The minimum Gasteiger partial charge on any atom is -0.497 e. The van der Waals surface area contributed by atoms with Gasteiger partial charge in [-0.05, 0) is 23.8 Å². The number of carbonyl (C=O) groups excluding carboxylic acids is 1. The molecule has 0 fully saturated rings. The van der Waals surface area contributed by atoms with Gasteiger partial charge < -0.3 is 4.74 Å². The molecule has 5 heteroatoms. The second-order valence-electron chi connectivity index (χ2n) is 4.10. The molecule has 5 nitrogen and oxygen atoms in total. The largest absolute Gasteiger partial charge is 0.497 e. The number of aromatic nitrogens is 1. The first kappa shape index (κ1) is 13.7. The van der Waals surface area contributed by atoms with Gasteiger partial charge in [-0.15, -0.1) is 0 Å². The van der Waals surface area contributed by atoms with Crippen molar-refractivity contribution in [3.63, 3.8) is 0 Å². The maximum atomic E-state index is 11.7. The zero-order valence-electron chi connectivity index (χ0n) is 11.1. The molecule has 0 spiro atoms. The summed E-state index contributed by atoms with van der Waals surface area (Å²) in [4.78, 5) is 15.6. The lowest BCUT2D eigenvalue weighted by Gasteiger charge is -2.02. The second kappa shape index (κ2) is 7.04. The summed E-state index contributed by atoms with van der Waals surface area (Å²) in [7, 11) is 1.61. The van der Waals surface area contributed by atoms with Gasteiger partial charge in [0.2, 0.25) is 5.91 Å². The lowest BCUT2D eigenvalue weighted by molar-refractivity contribution is -0.120. The highest BCUT2D eigenvalue weighted by Crippen LogP contribution is 2.11. The van der Waals surface area contributed by atoms with Crippen LogP contribution in [0.4, 0.5) is 0 Å². The number of pyridine rings is 1. The molecule has 1 aromatic heterocycles. The van der Waals surface area contributed by atoms with Crippen LogP contribution in [-0.2, 0) is 11.2 Å². The number of hydrogen-bond donors (Lipinski definition) is 1. The van der Waals surface area contributed by atoms with Crippen molar-refractivity contribution in [3.8, 4) is 5.75 Å². The summed E-state index contributed by atoms with van der Waals surface area (Å²) < 4.78 is 5.06. The number of nitrogens with one attached hydrogen (secondary N) is 1. The highest BCUT2D eigenvalue weighted by atomic mass is 16.5. The van der Waals surface area contributed by atoms with Crippen LogP contribution < -0.4 is 10.2 Å². The van der Waals surface area contributed by atoms with Gasteiger partial charge in [0.1, 0.15) is 5.75 Å². The molecule has 1 N–H and O–H groups in total. The molecule has 1 amide bonds. The Morgan fingerprint density at radius 2 is 2.15 bits per heavy atom. The van der Waals surface area contributed by atoms with Crippen LogP contribution in [0.2, 0.25) is 0 Å². The molecule has 0 saturated heterocycles. The standard InChI is InChI=1S/C15H15N3O2/c1-20-14-6-4-12(5-7-14)9-15(19)18-17-11-13-3-2-8-16-10-13/h2-8,10-11H,9H2,1H3,(H,18,19)/b17-11-. The molecule has 102 valence electrons. The molecule has 0 aliphatic rings. The topological polar surface area (TPSA) is 63.6 Å². The molecular weight excluding hydrogens is 254 g/mol. The number of methoxy groups -OCH3 is 1. The maximum Gasteiger partial charge on any atom is 0.244 e. The summed E-state index contributed by atoms with van der Waals surface area (Å²) in [5.41, 5.74) is 4.21. The minimum atomic E-state index is -0.171. The number of rotatable bonds is 5. The van der Waals surface area contributed by atoms with E-state index in [0.717, 1.165) is 16.9 Å². The minimum absolute atomic E-state index is 0.171. The fraction of sp³-hybridized carbons (Fsp3) is 0.133. The Bertz CT molecular complexity index is 580. The number of nitrogens with zero attached hydrogens (tertiary/aromatic N) is 2. The van der Waals surface area contributed by atoms with Crippen LogP contribution in [0.1, 0.15) is 11.1 Å². The third-order valence-corrected chi connectivity index (χ3v) is 2.61. The molecule has 2 aromatic rings. The fourth-order valence-corrected chi connectivity index (χ4v) is 1.60. The van der Waals surface area contributed by atoms with E-state index in [1.807, 2.05) is 30.3 Å². The highest BCUT2D eigenvalue weighted by molar-refractivity contribution is 5.82. The monoisotopic (exact) mass is 269 g/mol. The van der Waals surface area contributed by atoms with Crippen molar-refractivity contribution in [2.75, 3.05) is 7.11 Å². The smallest absolute Gasteiger partial charge is 0.244 e. The summed E-state index contributed by atoms with van der Waals surface area (Å²) in [6.07, 6.45) is 5.17. The van der Waals surface area contributed by atoms with Gasteiger partial charge in [-0.1, -0.05) is 18.2 Å². The van der Waals surface area contributed by atoms with Gasteiger partial charge in [0.15, 0.2) is 0 Å². The van der Waals surface area contributed by atoms with Gasteiger partial charge in [0, 0.05) is 18.0 Å². The van der Waals surface area contributed by atoms with Crippen LogP contribution in [0, 0.1) is 0 Å². The Hall–Kier alpha value is -2.69. The zero-order chi connectivity index (χ0) is 14.2. The summed E-state index contributed by atoms with van der Waals surface area (Å²) in [5.74, 6) is 0.596. The maximum absolute atomic E-state index is 11.7. The number of hydrogen-bond acceptors (Lipinski definition) is 4. The van der Waals surface area contributed by atoms with E-state index in [9.17, 15) is 4.79 Å². The van der Waals surface area contributed by atoms with E-state index in [-0.39, 0.29) is 12.3 Å². The molecule has 0 unspecified atom stereocenters. The number of benzene rings is 1. The van der Waals surface area contributed by atoms with Crippen molar-refractivity contribution >= 4 is 12.1 Å². The summed E-state index contributed by atoms with van der Waals surface area (Å²) >= 11 is 0. The van der Waals surface area contributed by atoms with E-state index in [0.29, 0.717) is 0 Å². The lowest BCUT2D eigenvalue weighted by Crippen LogP contribution is -2.19. The van der Waals surface area contributed by atoms with Crippen molar-refractivity contribution in [2.45, 2.75) is 6.42 Å². The molecule has 0 radical (unpaired) electrons. The van der Waals surface area contributed by atoms with Crippen molar-refractivity contribution in [1.29, 1.82) is 0 Å². The van der Waals surface area contributed by atoms with Crippen molar-refractivity contribution < 1.29 is 9.53 Å². The Kier molecular flexibility index (Phi) is 4.83. The first-order valence-corrected chi connectivity index (χ1v) is 6.13. The van der Waals surface area contributed by atoms with Crippen LogP contribution in [0.5, 0.6) is 5.75 Å².